The molecule has 96 valence electrons. The quantitative estimate of drug-likeness (QED) is 0.823. The minimum absolute atomic E-state index is 0.341. The van der Waals surface area contributed by atoms with Gasteiger partial charge in [0.05, 0.1) is 17.7 Å². The molecule has 0 aliphatic carbocycles. The number of rotatable bonds is 3. The lowest BCUT2D eigenvalue weighted by Crippen LogP contribution is -2.25. The number of nitrogens with zero attached hydrogens (tertiary/aromatic N) is 1. The lowest BCUT2D eigenvalue weighted by molar-refractivity contribution is 0.00684. The predicted molar refractivity (Wildman–Crippen MR) is 65.9 cm³/mol. The van der Waals surface area contributed by atoms with Crippen molar-refractivity contribution in [3.63, 3.8) is 0 Å². The first-order valence-electron chi connectivity index (χ1n) is 5.68. The third-order valence-electron chi connectivity index (χ3n) is 1.95. The summed E-state index contributed by atoms with van der Waals surface area (Å²) in [5.74, 6) is -0.341. The van der Waals surface area contributed by atoms with Gasteiger partial charge in [-0.15, -0.1) is 0 Å². The van der Waals surface area contributed by atoms with Gasteiger partial charge < -0.3 is 14.4 Å². The lowest BCUT2D eigenvalue weighted by atomic mass is 10.1. The third-order valence-corrected chi connectivity index (χ3v) is 1.95. The zero-order valence-corrected chi connectivity index (χ0v) is 11.2. The van der Waals surface area contributed by atoms with Gasteiger partial charge in [-0.3, -0.25) is 0 Å². The van der Waals surface area contributed by atoms with E-state index in [0.29, 0.717) is 12.1 Å². The summed E-state index contributed by atoms with van der Waals surface area (Å²) >= 11 is 0. The van der Waals surface area contributed by atoms with Crippen molar-refractivity contribution in [1.82, 2.24) is 4.57 Å². The van der Waals surface area contributed by atoms with Crippen LogP contribution in [0.5, 0.6) is 0 Å². The van der Waals surface area contributed by atoms with Crippen LogP contribution in [0.15, 0.2) is 18.5 Å². The molecule has 0 fully saturated rings. The summed E-state index contributed by atoms with van der Waals surface area (Å²) in [6, 6.07) is 1.69. The molecule has 0 bridgehead atoms. The van der Waals surface area contributed by atoms with Gasteiger partial charge in [0.15, 0.2) is 0 Å². The number of ether oxygens (including phenoxy) is 1. The zero-order chi connectivity index (χ0) is 13.3. The number of esters is 1. The molecule has 17 heavy (non-hydrogen) atoms. The fourth-order valence-corrected chi connectivity index (χ4v) is 1.44. The molecule has 1 heterocycles. The second-order valence-corrected chi connectivity index (χ2v) is 5.89. The molecule has 0 aliphatic heterocycles. The van der Waals surface area contributed by atoms with Crippen LogP contribution in [-0.2, 0) is 11.3 Å². The molecule has 1 aromatic heterocycles. The number of hydrogen-bond donors (Lipinski definition) is 1. The van der Waals surface area contributed by atoms with Gasteiger partial charge in [-0.1, -0.05) is 0 Å². The Hall–Kier alpha value is -1.29. The van der Waals surface area contributed by atoms with Crippen LogP contribution in [0, 0.1) is 0 Å². The highest BCUT2D eigenvalue weighted by Gasteiger charge is 2.19. The van der Waals surface area contributed by atoms with Gasteiger partial charge in [0.2, 0.25) is 0 Å². The van der Waals surface area contributed by atoms with Crippen molar-refractivity contribution in [2.45, 2.75) is 52.4 Å². The van der Waals surface area contributed by atoms with E-state index in [1.165, 1.54) is 0 Å². The third kappa shape index (κ3) is 5.04. The zero-order valence-electron chi connectivity index (χ0n) is 11.2. The minimum Gasteiger partial charge on any atom is -0.456 e. The van der Waals surface area contributed by atoms with Crippen LogP contribution >= 0.6 is 0 Å². The summed E-state index contributed by atoms with van der Waals surface area (Å²) in [6.45, 7) is 9.38. The van der Waals surface area contributed by atoms with Crippen molar-refractivity contribution in [1.29, 1.82) is 0 Å². The molecule has 0 spiro atoms. The molecule has 4 heteroatoms. The molecule has 4 nitrogen and oxygen atoms in total. The Labute approximate surface area is 102 Å². The van der Waals surface area contributed by atoms with Crippen LogP contribution in [-0.4, -0.2) is 26.8 Å². The highest BCUT2D eigenvalue weighted by atomic mass is 16.6. The molecular formula is C13H21NO3. The van der Waals surface area contributed by atoms with Crippen molar-refractivity contribution in [2.75, 3.05) is 0 Å². The summed E-state index contributed by atoms with van der Waals surface area (Å²) in [7, 11) is 0. The minimum atomic E-state index is -0.801. The van der Waals surface area contributed by atoms with Gasteiger partial charge >= 0.3 is 5.97 Å². The van der Waals surface area contributed by atoms with Crippen molar-refractivity contribution in [2.24, 2.45) is 0 Å². The molecular weight excluding hydrogens is 218 g/mol. The molecule has 0 saturated heterocycles. The summed E-state index contributed by atoms with van der Waals surface area (Å²) in [5.41, 5.74) is -0.788. The fourth-order valence-electron chi connectivity index (χ4n) is 1.44. The lowest BCUT2D eigenvalue weighted by Gasteiger charge is -2.19. The highest BCUT2D eigenvalue weighted by Crippen LogP contribution is 2.14. The Morgan fingerprint density at radius 2 is 1.94 bits per heavy atom. The molecule has 1 rings (SSSR count). The standard InChI is InChI=1S/C13H21NO3/c1-12(2,3)17-11(15)10-6-7-14(8-10)9-13(4,5)16/h6-8,16H,9H2,1-5H3. The molecule has 0 aromatic carbocycles. The Balaban J connectivity index is 2.72. The molecule has 1 aromatic rings. The van der Waals surface area contributed by atoms with Crippen molar-refractivity contribution in [3.8, 4) is 0 Å². The van der Waals surface area contributed by atoms with E-state index in [2.05, 4.69) is 0 Å². The van der Waals surface area contributed by atoms with E-state index in [1.807, 2.05) is 20.8 Å². The maximum atomic E-state index is 11.7. The first-order chi connectivity index (χ1) is 7.57. The average Bonchev–Trinajstić information content (AvgIpc) is 2.45. The smallest absolute Gasteiger partial charge is 0.340 e. The average molecular weight is 239 g/mol. The van der Waals surface area contributed by atoms with E-state index in [0.717, 1.165) is 0 Å². The van der Waals surface area contributed by atoms with Crippen LogP contribution in [0.1, 0.15) is 45.0 Å². The fraction of sp³-hybridized carbons (Fsp3) is 0.615. The summed E-state index contributed by atoms with van der Waals surface area (Å²) < 4.78 is 7.03. The van der Waals surface area contributed by atoms with Gasteiger partial charge in [-0.25, -0.2) is 4.79 Å². The number of aromatic nitrogens is 1. The second kappa shape index (κ2) is 4.53. The molecule has 0 atom stereocenters. The van der Waals surface area contributed by atoms with E-state index in [-0.39, 0.29) is 5.97 Å². The Kier molecular flexibility index (Phi) is 3.67. The Morgan fingerprint density at radius 1 is 1.35 bits per heavy atom. The summed E-state index contributed by atoms with van der Waals surface area (Å²) in [4.78, 5) is 11.7. The van der Waals surface area contributed by atoms with Crippen molar-refractivity contribution < 1.29 is 14.6 Å². The Bertz CT molecular complexity index is 394. The highest BCUT2D eigenvalue weighted by molar-refractivity contribution is 5.89. The monoisotopic (exact) mass is 239 g/mol. The van der Waals surface area contributed by atoms with E-state index in [1.54, 1.807) is 36.9 Å². The SMILES string of the molecule is CC(C)(O)Cn1ccc(C(=O)OC(C)(C)C)c1. The topological polar surface area (TPSA) is 51.5 Å². The first kappa shape index (κ1) is 13.8. The normalized spacial score (nSPS) is 12.6. The predicted octanol–water partition coefficient (Wildman–Crippen LogP) is 2.21. The summed E-state index contributed by atoms with van der Waals surface area (Å²) in [5, 5.41) is 9.67. The van der Waals surface area contributed by atoms with E-state index in [4.69, 9.17) is 4.74 Å². The van der Waals surface area contributed by atoms with Gasteiger partial charge in [0, 0.05) is 12.4 Å². The largest absolute Gasteiger partial charge is 0.456 e. The van der Waals surface area contributed by atoms with Crippen molar-refractivity contribution in [3.05, 3.63) is 24.0 Å². The molecule has 0 unspecified atom stereocenters. The van der Waals surface area contributed by atoms with Gasteiger partial charge in [-0.2, -0.15) is 0 Å². The first-order valence-corrected chi connectivity index (χ1v) is 5.68. The summed E-state index contributed by atoms with van der Waals surface area (Å²) in [6.07, 6.45) is 3.45. The van der Waals surface area contributed by atoms with Gasteiger partial charge in [-0.05, 0) is 40.7 Å². The maximum absolute atomic E-state index is 11.7. The van der Waals surface area contributed by atoms with Crippen LogP contribution < -0.4 is 0 Å². The molecule has 0 saturated carbocycles. The second-order valence-electron chi connectivity index (χ2n) is 5.89. The Morgan fingerprint density at radius 3 is 2.41 bits per heavy atom. The molecule has 0 aliphatic rings. The molecule has 1 N–H and O–H groups in total. The van der Waals surface area contributed by atoms with E-state index in [9.17, 15) is 9.90 Å². The maximum Gasteiger partial charge on any atom is 0.340 e. The van der Waals surface area contributed by atoms with Crippen molar-refractivity contribution >= 4 is 5.97 Å². The van der Waals surface area contributed by atoms with Gasteiger partial charge in [0.1, 0.15) is 5.60 Å². The van der Waals surface area contributed by atoms with E-state index >= 15 is 0 Å². The van der Waals surface area contributed by atoms with Crippen LogP contribution in [0.4, 0.5) is 0 Å². The molecule has 0 amide bonds. The van der Waals surface area contributed by atoms with Crippen LogP contribution in [0.25, 0.3) is 0 Å². The van der Waals surface area contributed by atoms with Gasteiger partial charge in [0.25, 0.3) is 0 Å². The van der Waals surface area contributed by atoms with E-state index < -0.39 is 11.2 Å². The number of carbonyl (C=O) groups excluding carboxylic acids is 1. The molecule has 0 radical (unpaired) electrons. The number of aliphatic hydroxyl groups is 1. The van der Waals surface area contributed by atoms with Crippen LogP contribution in [0.3, 0.4) is 0 Å². The van der Waals surface area contributed by atoms with Crippen LogP contribution in [0.2, 0.25) is 0 Å². The number of carbonyl (C=O) groups is 1. The number of hydrogen-bond acceptors (Lipinski definition) is 3.